The van der Waals surface area contributed by atoms with Crippen LogP contribution in [-0.2, 0) is 0 Å². The minimum Gasteiger partial charge on any atom is -0.560 e. The molecule has 2 nitrogen and oxygen atoms in total. The molecule has 0 fully saturated rings. The molecule has 0 spiro atoms. The van der Waals surface area contributed by atoms with Gasteiger partial charge in [0.15, 0.2) is 0 Å². The van der Waals surface area contributed by atoms with Crippen LogP contribution in [0.4, 0.5) is 0 Å². The smallest absolute Gasteiger partial charge is 0.560 e. The van der Waals surface area contributed by atoms with Gasteiger partial charge in [-0.05, 0) is 18.1 Å². The fourth-order valence-corrected chi connectivity index (χ4v) is 2.10. The molecule has 1 rings (SSSR count). The standard InChI is InChI=1S/C13H21O2Si.Li/c1-13(2,3)16(5,6)15-12-10-8-7-9-11(12)14-4;/h8-10H,1-6H3;/q-1;+1. The first-order valence-electron chi connectivity index (χ1n) is 5.51. The largest absolute Gasteiger partial charge is 1.00 e. The zero-order valence-corrected chi connectivity index (χ0v) is 13.0. The van der Waals surface area contributed by atoms with E-state index in [1.54, 1.807) is 7.11 Å². The van der Waals surface area contributed by atoms with Gasteiger partial charge in [0.1, 0.15) is 0 Å². The van der Waals surface area contributed by atoms with Gasteiger partial charge in [0.25, 0.3) is 0 Å². The summed E-state index contributed by atoms with van der Waals surface area (Å²) in [5.74, 6) is 1.58. The molecule has 0 amide bonds. The van der Waals surface area contributed by atoms with Gasteiger partial charge in [-0.15, -0.1) is 12.1 Å². The van der Waals surface area contributed by atoms with E-state index in [2.05, 4.69) is 39.9 Å². The van der Waals surface area contributed by atoms with Crippen molar-refractivity contribution in [1.29, 1.82) is 0 Å². The number of hydrogen-bond donors (Lipinski definition) is 0. The van der Waals surface area contributed by atoms with Crippen molar-refractivity contribution in [3.05, 3.63) is 24.3 Å². The van der Waals surface area contributed by atoms with Gasteiger partial charge in [-0.3, -0.25) is 0 Å². The molecule has 90 valence electrons. The molecule has 17 heavy (non-hydrogen) atoms. The van der Waals surface area contributed by atoms with Gasteiger partial charge < -0.3 is 9.16 Å². The van der Waals surface area contributed by atoms with Crippen LogP contribution in [0.15, 0.2) is 18.2 Å². The van der Waals surface area contributed by atoms with Gasteiger partial charge in [-0.2, -0.15) is 12.1 Å². The summed E-state index contributed by atoms with van der Waals surface area (Å²) < 4.78 is 11.5. The first kappa shape index (κ1) is 16.6. The molecule has 0 aromatic heterocycles. The van der Waals surface area contributed by atoms with Crippen LogP contribution in [0.3, 0.4) is 0 Å². The fourth-order valence-electron chi connectivity index (χ4n) is 1.07. The summed E-state index contributed by atoms with van der Waals surface area (Å²) in [6.07, 6.45) is 0. The van der Waals surface area contributed by atoms with Crippen LogP contribution in [-0.4, -0.2) is 15.4 Å². The van der Waals surface area contributed by atoms with Crippen LogP contribution in [0.5, 0.6) is 11.5 Å². The van der Waals surface area contributed by atoms with E-state index in [0.29, 0.717) is 0 Å². The molecule has 0 saturated carbocycles. The minimum atomic E-state index is -1.79. The zero-order valence-electron chi connectivity index (χ0n) is 12.0. The predicted molar refractivity (Wildman–Crippen MR) is 69.7 cm³/mol. The number of hydrogen-bond acceptors (Lipinski definition) is 2. The first-order valence-corrected chi connectivity index (χ1v) is 8.42. The van der Waals surface area contributed by atoms with Crippen molar-refractivity contribution in [1.82, 2.24) is 0 Å². The average molecular weight is 244 g/mol. The quantitative estimate of drug-likeness (QED) is 0.580. The second-order valence-corrected chi connectivity index (χ2v) is 10.2. The van der Waals surface area contributed by atoms with E-state index in [-0.39, 0.29) is 23.9 Å². The van der Waals surface area contributed by atoms with Crippen molar-refractivity contribution >= 4 is 8.32 Å². The van der Waals surface area contributed by atoms with Gasteiger partial charge in [-0.1, -0.05) is 20.8 Å². The normalized spacial score (nSPS) is 11.6. The molecule has 0 bridgehead atoms. The number of methoxy groups -OCH3 is 1. The summed E-state index contributed by atoms with van der Waals surface area (Å²) in [5.41, 5.74) is 0. The van der Waals surface area contributed by atoms with Gasteiger partial charge in [0.05, 0.1) is 7.11 Å². The maximum atomic E-state index is 6.18. The molecule has 0 atom stereocenters. The van der Waals surface area contributed by atoms with E-state index >= 15 is 0 Å². The Morgan fingerprint density at radius 2 is 1.76 bits per heavy atom. The Kier molecular flexibility index (Phi) is 5.87. The molecule has 0 heterocycles. The fraction of sp³-hybridized carbons (Fsp3) is 0.538. The third-order valence-electron chi connectivity index (χ3n) is 3.18. The van der Waals surface area contributed by atoms with Gasteiger partial charge in [0, 0.05) is 11.5 Å². The third kappa shape index (κ3) is 4.10. The summed E-state index contributed by atoms with van der Waals surface area (Å²) in [7, 11) is -0.133. The Hall–Kier alpha value is -0.366. The zero-order chi connectivity index (χ0) is 12.4. The van der Waals surface area contributed by atoms with E-state index in [0.717, 1.165) is 11.5 Å². The van der Waals surface area contributed by atoms with Crippen molar-refractivity contribution in [2.24, 2.45) is 0 Å². The van der Waals surface area contributed by atoms with Crippen LogP contribution < -0.4 is 28.0 Å². The van der Waals surface area contributed by atoms with Gasteiger partial charge in [0.2, 0.25) is 8.32 Å². The third-order valence-corrected chi connectivity index (χ3v) is 7.52. The maximum absolute atomic E-state index is 6.18. The van der Waals surface area contributed by atoms with Crippen molar-refractivity contribution in [3.8, 4) is 11.5 Å². The Balaban J connectivity index is 0.00000256. The summed E-state index contributed by atoms with van der Waals surface area (Å²) in [5, 5.41) is 0.192. The van der Waals surface area contributed by atoms with E-state index in [4.69, 9.17) is 9.16 Å². The average Bonchev–Trinajstić information content (AvgIpc) is 2.16. The molecule has 0 aliphatic rings. The molecule has 1 aromatic carbocycles. The Morgan fingerprint density at radius 1 is 1.18 bits per heavy atom. The second-order valence-electron chi connectivity index (χ2n) is 5.44. The van der Waals surface area contributed by atoms with Crippen LogP contribution >= 0.6 is 0 Å². The Morgan fingerprint density at radius 3 is 2.24 bits per heavy atom. The van der Waals surface area contributed by atoms with Crippen molar-refractivity contribution < 1.29 is 28.0 Å². The molecule has 0 unspecified atom stereocenters. The van der Waals surface area contributed by atoms with Gasteiger partial charge >= 0.3 is 18.9 Å². The molecule has 0 saturated heterocycles. The summed E-state index contributed by atoms with van der Waals surface area (Å²) in [6, 6.07) is 8.56. The number of rotatable bonds is 3. The molecule has 0 radical (unpaired) electrons. The summed E-state index contributed by atoms with van der Waals surface area (Å²) in [6.45, 7) is 11.1. The molecule has 0 aliphatic carbocycles. The monoisotopic (exact) mass is 244 g/mol. The van der Waals surface area contributed by atoms with Crippen LogP contribution in [0.1, 0.15) is 20.8 Å². The molecule has 0 aliphatic heterocycles. The van der Waals surface area contributed by atoms with Gasteiger partial charge in [-0.25, -0.2) is 0 Å². The van der Waals surface area contributed by atoms with E-state index in [1.807, 2.05) is 18.2 Å². The maximum Gasteiger partial charge on any atom is 1.00 e. The van der Waals surface area contributed by atoms with Crippen molar-refractivity contribution in [3.63, 3.8) is 0 Å². The molecular weight excluding hydrogens is 223 g/mol. The number of benzene rings is 1. The molecular formula is C13H21LiO2Si. The molecule has 0 N–H and O–H groups in total. The summed E-state index contributed by atoms with van der Waals surface area (Å²) >= 11 is 0. The van der Waals surface area contributed by atoms with Crippen LogP contribution in [0, 0.1) is 6.07 Å². The molecule has 4 heteroatoms. The van der Waals surface area contributed by atoms with E-state index < -0.39 is 8.32 Å². The first-order chi connectivity index (χ1) is 7.28. The Bertz CT molecular complexity index is 359. The van der Waals surface area contributed by atoms with E-state index in [9.17, 15) is 0 Å². The SMILES string of the molecule is COc1c[c-]ccc1O[Si](C)(C)C(C)(C)C.[Li+]. The Labute approximate surface area is 118 Å². The number of ether oxygens (including phenoxy) is 1. The van der Waals surface area contributed by atoms with Crippen molar-refractivity contribution in [2.45, 2.75) is 38.9 Å². The topological polar surface area (TPSA) is 18.5 Å². The van der Waals surface area contributed by atoms with E-state index in [1.165, 1.54) is 0 Å². The van der Waals surface area contributed by atoms with Crippen LogP contribution in [0.2, 0.25) is 18.1 Å². The van der Waals surface area contributed by atoms with Crippen LogP contribution in [0.25, 0.3) is 0 Å². The van der Waals surface area contributed by atoms with Crippen molar-refractivity contribution in [2.75, 3.05) is 7.11 Å². The second kappa shape index (κ2) is 5.99. The predicted octanol–water partition coefficient (Wildman–Crippen LogP) is 0.883. The molecule has 1 aromatic rings. The minimum absolute atomic E-state index is 0. The summed E-state index contributed by atoms with van der Waals surface area (Å²) in [4.78, 5) is 0.